The Bertz CT molecular complexity index is 893. The van der Waals surface area contributed by atoms with Crippen molar-refractivity contribution in [3.05, 3.63) is 35.5 Å². The van der Waals surface area contributed by atoms with Gasteiger partial charge in [-0.15, -0.1) is 0 Å². The fourth-order valence-electron chi connectivity index (χ4n) is 7.04. The molecular formula is C27H37F7O3. The van der Waals surface area contributed by atoms with E-state index in [1.54, 1.807) is 6.92 Å². The third-order valence-electron chi connectivity index (χ3n) is 9.07. The van der Waals surface area contributed by atoms with Crippen LogP contribution in [0, 0.1) is 23.2 Å². The summed E-state index contributed by atoms with van der Waals surface area (Å²) < 4.78 is 92.8. The molecule has 10 heteroatoms. The van der Waals surface area contributed by atoms with Crippen LogP contribution in [0.1, 0.15) is 71.6 Å². The summed E-state index contributed by atoms with van der Waals surface area (Å²) in [6.07, 6.45) is -10.1. The Hall–Kier alpha value is -1.39. The fourth-order valence-corrected chi connectivity index (χ4v) is 7.04. The highest BCUT2D eigenvalue weighted by Crippen LogP contribution is 2.60. The molecule has 0 unspecified atom stereocenters. The molecule has 3 aliphatic rings. The van der Waals surface area contributed by atoms with Crippen LogP contribution in [0.15, 0.2) is 35.5 Å². The first-order valence-electron chi connectivity index (χ1n) is 12.9. The van der Waals surface area contributed by atoms with E-state index < -0.39 is 55.1 Å². The maximum atomic E-state index is 14.7. The Labute approximate surface area is 213 Å². The summed E-state index contributed by atoms with van der Waals surface area (Å²) in [5.74, 6) is -0.431. The van der Waals surface area contributed by atoms with Gasteiger partial charge in [0.15, 0.2) is 0 Å². The molecule has 0 amide bonds. The molecule has 0 aliphatic heterocycles. The largest absolute Gasteiger partial charge is 0.426 e. The lowest BCUT2D eigenvalue weighted by Crippen LogP contribution is -2.58. The van der Waals surface area contributed by atoms with E-state index in [1.165, 1.54) is 5.57 Å². The minimum Gasteiger partial charge on any atom is -0.393 e. The second-order valence-electron chi connectivity index (χ2n) is 11.5. The smallest absolute Gasteiger partial charge is 0.393 e. The molecule has 0 aromatic heterocycles. The zero-order valence-corrected chi connectivity index (χ0v) is 21.2. The summed E-state index contributed by atoms with van der Waals surface area (Å²) >= 11 is 0. The van der Waals surface area contributed by atoms with E-state index >= 15 is 0 Å². The molecule has 0 aromatic rings. The molecule has 3 fully saturated rings. The first-order chi connectivity index (χ1) is 16.9. The number of hydrogen-bond donors (Lipinski definition) is 3. The van der Waals surface area contributed by atoms with Crippen molar-refractivity contribution in [2.24, 2.45) is 23.2 Å². The summed E-state index contributed by atoms with van der Waals surface area (Å²) in [4.78, 5) is 0. The summed E-state index contributed by atoms with van der Waals surface area (Å²) in [6.45, 7) is 7.65. The van der Waals surface area contributed by atoms with Crippen molar-refractivity contribution in [1.29, 1.82) is 0 Å². The van der Waals surface area contributed by atoms with Gasteiger partial charge < -0.3 is 15.3 Å². The van der Waals surface area contributed by atoms with Crippen molar-refractivity contribution in [2.75, 3.05) is 0 Å². The average Bonchev–Trinajstić information content (AvgIpc) is 3.11. The topological polar surface area (TPSA) is 60.7 Å². The zero-order chi connectivity index (χ0) is 28.0. The van der Waals surface area contributed by atoms with Crippen molar-refractivity contribution >= 4 is 0 Å². The Morgan fingerprint density at radius 2 is 1.70 bits per heavy atom. The molecule has 3 rings (SSSR count). The summed E-state index contributed by atoms with van der Waals surface area (Å²) in [5, 5.41) is 29.5. The summed E-state index contributed by atoms with van der Waals surface area (Å²) in [7, 11) is 0. The lowest BCUT2D eigenvalue weighted by atomic mass is 9.60. The van der Waals surface area contributed by atoms with Crippen LogP contribution in [-0.4, -0.2) is 51.7 Å². The number of alkyl halides is 7. The van der Waals surface area contributed by atoms with Crippen molar-refractivity contribution in [3.8, 4) is 0 Å². The molecule has 0 heterocycles. The van der Waals surface area contributed by atoms with E-state index in [-0.39, 0.29) is 23.7 Å². The second-order valence-corrected chi connectivity index (χ2v) is 11.5. The van der Waals surface area contributed by atoms with Crippen LogP contribution >= 0.6 is 0 Å². The van der Waals surface area contributed by atoms with E-state index in [9.17, 15) is 46.1 Å². The monoisotopic (exact) mass is 542 g/mol. The lowest BCUT2D eigenvalue weighted by molar-refractivity contribution is -0.372. The van der Waals surface area contributed by atoms with Crippen LogP contribution in [0.25, 0.3) is 0 Å². The van der Waals surface area contributed by atoms with Crippen molar-refractivity contribution in [1.82, 2.24) is 0 Å². The molecule has 0 aromatic carbocycles. The number of fused-ring (bicyclic) bond motifs is 1. The fraction of sp³-hybridized carbons (Fsp3) is 0.778. The van der Waals surface area contributed by atoms with Crippen LogP contribution in [0.2, 0.25) is 0 Å². The molecule has 0 saturated heterocycles. The van der Waals surface area contributed by atoms with E-state index in [0.29, 0.717) is 18.4 Å². The van der Waals surface area contributed by atoms with Gasteiger partial charge >= 0.3 is 12.4 Å². The van der Waals surface area contributed by atoms with Gasteiger partial charge in [-0.2, -0.15) is 26.3 Å². The van der Waals surface area contributed by atoms with E-state index in [4.69, 9.17) is 0 Å². The first-order valence-corrected chi connectivity index (χ1v) is 12.9. The van der Waals surface area contributed by atoms with E-state index in [1.807, 2.05) is 12.2 Å². The quantitative estimate of drug-likeness (QED) is 0.326. The number of aliphatic hydroxyl groups is 3. The molecule has 7 atom stereocenters. The van der Waals surface area contributed by atoms with Gasteiger partial charge in [-0.05, 0) is 79.3 Å². The first kappa shape index (κ1) is 30.2. The van der Waals surface area contributed by atoms with Crippen LogP contribution < -0.4 is 0 Å². The molecule has 0 spiro atoms. The minimum atomic E-state index is -6.03. The van der Waals surface area contributed by atoms with Gasteiger partial charge in [0.25, 0.3) is 5.60 Å². The average molecular weight is 543 g/mol. The summed E-state index contributed by atoms with van der Waals surface area (Å²) in [6, 6.07) is 0. The predicted molar refractivity (Wildman–Crippen MR) is 125 cm³/mol. The van der Waals surface area contributed by atoms with Crippen molar-refractivity contribution in [2.45, 2.75) is 108 Å². The van der Waals surface area contributed by atoms with Crippen LogP contribution in [-0.2, 0) is 0 Å². The zero-order valence-electron chi connectivity index (χ0n) is 21.2. The van der Waals surface area contributed by atoms with Gasteiger partial charge in [0.1, 0.15) is 6.17 Å². The highest BCUT2D eigenvalue weighted by atomic mass is 19.4. The van der Waals surface area contributed by atoms with Crippen molar-refractivity contribution in [3.63, 3.8) is 0 Å². The molecule has 0 radical (unpaired) electrons. The molecule has 3 aliphatic carbocycles. The number of halogens is 7. The van der Waals surface area contributed by atoms with Gasteiger partial charge in [0.2, 0.25) is 0 Å². The number of rotatable bonds is 6. The molecule has 212 valence electrons. The number of allylic oxidation sites excluding steroid dienone is 3. The van der Waals surface area contributed by atoms with E-state index in [0.717, 1.165) is 31.3 Å². The van der Waals surface area contributed by atoms with Gasteiger partial charge in [-0.1, -0.05) is 38.2 Å². The number of aliphatic hydroxyl groups excluding tert-OH is 2. The Balaban J connectivity index is 1.73. The number of hydrogen-bond acceptors (Lipinski definition) is 3. The molecule has 3 N–H and O–H groups in total. The van der Waals surface area contributed by atoms with Crippen molar-refractivity contribution < 1.29 is 46.1 Å². The third kappa shape index (κ3) is 5.96. The second kappa shape index (κ2) is 10.6. The Morgan fingerprint density at radius 1 is 1.08 bits per heavy atom. The molecule has 3 nitrogen and oxygen atoms in total. The molecule has 0 bridgehead atoms. The standard InChI is InChI=1S/C27H37F7O3/c1-15(11-19(28)14-25(37,26(29,30)31)27(32,33)34)21-8-9-22-17(5-4-10-24(21,22)3)6-7-18-12-20(35)13-23(36)16(18)2/h6-7,15,19-23,35-37H,2,4-5,8-14H2,1,3H3/b17-6+,18-7-/t15-,19-,20-,21-,22+,23+,24-/m1/s1. The molecular weight excluding hydrogens is 505 g/mol. The van der Waals surface area contributed by atoms with Crippen LogP contribution in [0.3, 0.4) is 0 Å². The summed E-state index contributed by atoms with van der Waals surface area (Å²) in [5.41, 5.74) is -2.85. The van der Waals surface area contributed by atoms with E-state index in [2.05, 4.69) is 13.5 Å². The maximum absolute atomic E-state index is 14.7. The van der Waals surface area contributed by atoms with Crippen LogP contribution in [0.5, 0.6) is 0 Å². The normalized spacial score (nSPS) is 35.6. The minimum absolute atomic E-state index is 0.0924. The predicted octanol–water partition coefficient (Wildman–Crippen LogP) is 6.74. The molecule has 37 heavy (non-hydrogen) atoms. The maximum Gasteiger partial charge on any atom is 0.426 e. The Morgan fingerprint density at radius 3 is 2.30 bits per heavy atom. The van der Waals surface area contributed by atoms with Gasteiger partial charge in [-0.25, -0.2) is 4.39 Å². The van der Waals surface area contributed by atoms with Gasteiger partial charge in [0.05, 0.1) is 12.2 Å². The lowest BCUT2D eigenvalue weighted by Gasteiger charge is -2.44. The van der Waals surface area contributed by atoms with Gasteiger partial charge in [0, 0.05) is 12.8 Å². The van der Waals surface area contributed by atoms with Crippen LogP contribution in [0.4, 0.5) is 30.7 Å². The third-order valence-corrected chi connectivity index (χ3v) is 9.07. The van der Waals surface area contributed by atoms with Gasteiger partial charge in [-0.3, -0.25) is 0 Å². The SMILES string of the molecule is C=C1/C(=C\C=C2/CCC[C@]3(C)[C@@H]([C@H](C)C[C@@H](F)CC(O)(C(F)(F)F)C(F)(F)F)CC[C@@H]23)C[C@@H](O)C[C@@H]1O. The molecule has 3 saturated carbocycles. The highest BCUT2D eigenvalue weighted by Gasteiger charge is 2.70. The highest BCUT2D eigenvalue weighted by molar-refractivity contribution is 5.38. The Kier molecular flexibility index (Phi) is 8.67.